The van der Waals surface area contributed by atoms with Gasteiger partial charge >= 0.3 is 5.97 Å². The van der Waals surface area contributed by atoms with Crippen molar-refractivity contribution in [3.05, 3.63) is 5.51 Å². The lowest BCUT2D eigenvalue weighted by molar-refractivity contribution is -0.142. The second-order valence-electron chi connectivity index (χ2n) is 3.38. The van der Waals surface area contributed by atoms with E-state index in [1.54, 1.807) is 17.3 Å². The molecular weight excluding hydrogens is 234 g/mol. The molecule has 15 heavy (non-hydrogen) atoms. The molecular formula is C8H13N3O2S2. The molecule has 3 N–H and O–H groups in total. The fourth-order valence-corrected chi connectivity index (χ4v) is 2.43. The van der Waals surface area contributed by atoms with Gasteiger partial charge in [0, 0.05) is 5.75 Å². The van der Waals surface area contributed by atoms with Gasteiger partial charge in [0.25, 0.3) is 0 Å². The van der Waals surface area contributed by atoms with Gasteiger partial charge in [0.2, 0.25) is 0 Å². The van der Waals surface area contributed by atoms with Crippen molar-refractivity contribution in [2.75, 3.05) is 5.75 Å². The summed E-state index contributed by atoms with van der Waals surface area (Å²) in [6.07, 6.45) is 1.22. The van der Waals surface area contributed by atoms with Crippen LogP contribution in [0.2, 0.25) is 0 Å². The van der Waals surface area contributed by atoms with Gasteiger partial charge in [-0.25, -0.2) is 0 Å². The average molecular weight is 247 g/mol. The largest absolute Gasteiger partial charge is 0.480 e. The number of carboxylic acid groups (broad SMARTS) is 1. The first-order valence-corrected chi connectivity index (χ1v) is 6.30. The third kappa shape index (κ3) is 4.15. The second kappa shape index (κ2) is 5.43. The Morgan fingerprint density at radius 3 is 3.07 bits per heavy atom. The minimum absolute atomic E-state index is 0.466. The fraction of sp³-hybridized carbons (Fsp3) is 0.625. The number of hydrogen-bond acceptors (Lipinski definition) is 6. The molecule has 0 aliphatic rings. The van der Waals surface area contributed by atoms with Crippen molar-refractivity contribution in [3.63, 3.8) is 0 Å². The summed E-state index contributed by atoms with van der Waals surface area (Å²) >= 11 is 3.06. The SMILES string of the molecule is CC(N)(CCCSc1nncs1)C(=O)O. The Labute approximate surface area is 96.1 Å². The van der Waals surface area contributed by atoms with Crippen molar-refractivity contribution in [1.82, 2.24) is 10.2 Å². The number of aliphatic carboxylic acids is 1. The predicted octanol–water partition coefficient (Wildman–Crippen LogP) is 1.21. The normalized spacial score (nSPS) is 14.8. The Kier molecular flexibility index (Phi) is 4.49. The molecule has 1 aromatic rings. The van der Waals surface area contributed by atoms with E-state index in [1.165, 1.54) is 18.3 Å². The summed E-state index contributed by atoms with van der Waals surface area (Å²) in [6.45, 7) is 1.53. The Morgan fingerprint density at radius 2 is 2.53 bits per heavy atom. The van der Waals surface area contributed by atoms with Gasteiger partial charge in [-0.1, -0.05) is 23.1 Å². The van der Waals surface area contributed by atoms with Crippen LogP contribution in [-0.4, -0.2) is 32.6 Å². The number of carboxylic acids is 1. The zero-order valence-corrected chi connectivity index (χ0v) is 9.98. The number of hydrogen-bond donors (Lipinski definition) is 2. The highest BCUT2D eigenvalue weighted by Gasteiger charge is 2.26. The maximum absolute atomic E-state index is 10.7. The molecule has 0 fully saturated rings. The molecule has 0 radical (unpaired) electrons. The van der Waals surface area contributed by atoms with Crippen molar-refractivity contribution >= 4 is 29.1 Å². The fourth-order valence-electron chi connectivity index (χ4n) is 0.932. The van der Waals surface area contributed by atoms with E-state index in [9.17, 15) is 4.79 Å². The summed E-state index contributed by atoms with van der Waals surface area (Å²) in [5.74, 6) is -0.140. The molecule has 1 atom stereocenters. The Bertz CT molecular complexity index is 314. The summed E-state index contributed by atoms with van der Waals surface area (Å²) in [4.78, 5) is 10.7. The molecule has 1 heterocycles. The molecule has 0 saturated heterocycles. The average Bonchev–Trinajstić information content (AvgIpc) is 2.64. The molecule has 0 saturated carbocycles. The van der Waals surface area contributed by atoms with E-state index < -0.39 is 11.5 Å². The van der Waals surface area contributed by atoms with Crippen LogP contribution in [0, 0.1) is 0 Å². The zero-order chi connectivity index (χ0) is 11.3. The summed E-state index contributed by atoms with van der Waals surface area (Å²) < 4.78 is 0.907. The number of nitrogens with zero attached hydrogens (tertiary/aromatic N) is 2. The standard InChI is InChI=1S/C8H13N3O2S2/c1-8(9,6(12)13)3-2-4-14-7-11-10-5-15-7/h5H,2-4,9H2,1H3,(H,12,13). The highest BCUT2D eigenvalue weighted by atomic mass is 32.2. The van der Waals surface area contributed by atoms with Crippen LogP contribution in [0.3, 0.4) is 0 Å². The Balaban J connectivity index is 2.19. The lowest BCUT2D eigenvalue weighted by atomic mass is 9.98. The smallest absolute Gasteiger partial charge is 0.323 e. The minimum atomic E-state index is -1.12. The molecule has 84 valence electrons. The topological polar surface area (TPSA) is 89.1 Å². The van der Waals surface area contributed by atoms with Gasteiger partial charge in [-0.05, 0) is 19.8 Å². The molecule has 7 heteroatoms. The first-order chi connectivity index (χ1) is 7.02. The number of aromatic nitrogens is 2. The van der Waals surface area contributed by atoms with Gasteiger partial charge in [-0.2, -0.15) is 0 Å². The monoisotopic (exact) mass is 247 g/mol. The van der Waals surface area contributed by atoms with Crippen LogP contribution in [0.5, 0.6) is 0 Å². The third-order valence-electron chi connectivity index (χ3n) is 1.89. The first-order valence-electron chi connectivity index (χ1n) is 4.43. The Morgan fingerprint density at radius 1 is 1.80 bits per heavy atom. The summed E-state index contributed by atoms with van der Waals surface area (Å²) in [5, 5.41) is 16.3. The van der Waals surface area contributed by atoms with Crippen LogP contribution < -0.4 is 5.73 Å². The van der Waals surface area contributed by atoms with Gasteiger partial charge in [-0.3, -0.25) is 4.79 Å². The van der Waals surface area contributed by atoms with Crippen LogP contribution in [0.4, 0.5) is 0 Å². The van der Waals surface area contributed by atoms with Crippen LogP contribution in [0.1, 0.15) is 19.8 Å². The van der Waals surface area contributed by atoms with Gasteiger partial charge in [0.1, 0.15) is 11.0 Å². The summed E-state index contributed by atoms with van der Waals surface area (Å²) in [7, 11) is 0. The van der Waals surface area contributed by atoms with Gasteiger partial charge in [0.05, 0.1) is 0 Å². The van der Waals surface area contributed by atoms with Crippen molar-refractivity contribution in [1.29, 1.82) is 0 Å². The Hall–Kier alpha value is -0.660. The lowest BCUT2D eigenvalue weighted by Crippen LogP contribution is -2.44. The number of nitrogens with two attached hydrogens (primary N) is 1. The molecule has 5 nitrogen and oxygen atoms in total. The molecule has 0 amide bonds. The highest BCUT2D eigenvalue weighted by molar-refractivity contribution is 8.00. The molecule has 0 aliphatic carbocycles. The summed E-state index contributed by atoms with van der Waals surface area (Å²) in [5.41, 5.74) is 6.13. The van der Waals surface area contributed by atoms with E-state index in [0.717, 1.165) is 16.5 Å². The molecule has 0 aliphatic heterocycles. The van der Waals surface area contributed by atoms with Crippen molar-refractivity contribution in [2.24, 2.45) is 5.73 Å². The van der Waals surface area contributed by atoms with Crippen molar-refractivity contribution in [2.45, 2.75) is 29.6 Å². The van der Waals surface area contributed by atoms with E-state index in [1.807, 2.05) is 0 Å². The predicted molar refractivity (Wildman–Crippen MR) is 60.1 cm³/mol. The van der Waals surface area contributed by atoms with Gasteiger partial charge in [0.15, 0.2) is 4.34 Å². The number of rotatable bonds is 6. The second-order valence-corrected chi connectivity index (χ2v) is 5.55. The summed E-state index contributed by atoms with van der Waals surface area (Å²) in [6, 6.07) is 0. The molecule has 1 aromatic heterocycles. The van der Waals surface area contributed by atoms with E-state index >= 15 is 0 Å². The first kappa shape index (κ1) is 12.4. The van der Waals surface area contributed by atoms with E-state index in [0.29, 0.717) is 6.42 Å². The quantitative estimate of drug-likeness (QED) is 0.580. The van der Waals surface area contributed by atoms with Crippen LogP contribution in [0.15, 0.2) is 9.85 Å². The van der Waals surface area contributed by atoms with E-state index in [4.69, 9.17) is 10.8 Å². The van der Waals surface area contributed by atoms with E-state index in [-0.39, 0.29) is 0 Å². The maximum Gasteiger partial charge on any atom is 0.323 e. The van der Waals surface area contributed by atoms with Crippen molar-refractivity contribution < 1.29 is 9.90 Å². The highest BCUT2D eigenvalue weighted by Crippen LogP contribution is 2.21. The lowest BCUT2D eigenvalue weighted by Gasteiger charge is -2.18. The minimum Gasteiger partial charge on any atom is -0.480 e. The third-order valence-corrected chi connectivity index (χ3v) is 3.84. The maximum atomic E-state index is 10.7. The van der Waals surface area contributed by atoms with Crippen LogP contribution in [-0.2, 0) is 4.79 Å². The number of thioether (sulfide) groups is 1. The van der Waals surface area contributed by atoms with E-state index in [2.05, 4.69) is 10.2 Å². The van der Waals surface area contributed by atoms with Gasteiger partial charge in [-0.15, -0.1) is 10.2 Å². The van der Waals surface area contributed by atoms with Crippen molar-refractivity contribution in [3.8, 4) is 0 Å². The van der Waals surface area contributed by atoms with Crippen LogP contribution >= 0.6 is 23.1 Å². The zero-order valence-electron chi connectivity index (χ0n) is 8.34. The molecule has 0 bridgehead atoms. The van der Waals surface area contributed by atoms with Crippen LogP contribution in [0.25, 0.3) is 0 Å². The molecule has 1 rings (SSSR count). The molecule has 0 aromatic carbocycles. The van der Waals surface area contributed by atoms with Gasteiger partial charge < -0.3 is 10.8 Å². The molecule has 0 spiro atoms. The molecule has 1 unspecified atom stereocenters. The number of carbonyl (C=O) groups is 1.